The zero-order valence-corrected chi connectivity index (χ0v) is 13.1. The molecule has 110 valence electrons. The molecular formula is C14H21N3O2S. The number of benzene rings is 1. The molecule has 5 nitrogen and oxygen atoms in total. The number of aryl methyl sites for hydroxylation is 2. The van der Waals surface area contributed by atoms with E-state index in [-0.39, 0.29) is 6.54 Å². The number of nitrogens with zero attached hydrogens (tertiary/aromatic N) is 1. The van der Waals surface area contributed by atoms with Crippen molar-refractivity contribution >= 4 is 21.1 Å². The lowest BCUT2D eigenvalue weighted by molar-refractivity contribution is 0.564. The summed E-state index contributed by atoms with van der Waals surface area (Å²) in [5.41, 5.74) is 4.14. The van der Waals surface area contributed by atoms with Crippen molar-refractivity contribution in [2.75, 3.05) is 0 Å². The number of fused-ring (bicyclic) bond motifs is 1. The number of hydrogen-bond donors (Lipinski definition) is 2. The molecule has 6 heteroatoms. The largest absolute Gasteiger partial charge is 0.341 e. The molecule has 0 bridgehead atoms. The van der Waals surface area contributed by atoms with Crippen LogP contribution in [-0.4, -0.2) is 23.6 Å². The Labute approximate surface area is 119 Å². The predicted molar refractivity (Wildman–Crippen MR) is 81.1 cm³/mol. The monoisotopic (exact) mass is 295 g/mol. The maximum Gasteiger partial charge on any atom is 0.214 e. The lowest BCUT2D eigenvalue weighted by Crippen LogP contribution is -2.32. The molecule has 1 atom stereocenters. The third-order valence-corrected chi connectivity index (χ3v) is 5.71. The van der Waals surface area contributed by atoms with E-state index < -0.39 is 15.3 Å². The Kier molecular flexibility index (Phi) is 4.15. The minimum absolute atomic E-state index is 0.194. The standard InChI is InChI=1S/C14H21N3O2S/c1-5-10(3)20(18,19)15-8-13-16-12-7-6-9(2)11(4)14(12)17-13/h6-7,10,15H,5,8H2,1-4H3,(H,16,17)/t10-/m0/s1. The van der Waals surface area contributed by atoms with Crippen LogP contribution >= 0.6 is 0 Å². The van der Waals surface area contributed by atoms with E-state index in [0.717, 1.165) is 16.6 Å². The van der Waals surface area contributed by atoms with E-state index in [9.17, 15) is 8.42 Å². The molecule has 0 amide bonds. The summed E-state index contributed by atoms with van der Waals surface area (Å²) < 4.78 is 26.4. The molecule has 2 rings (SSSR count). The zero-order chi connectivity index (χ0) is 14.9. The summed E-state index contributed by atoms with van der Waals surface area (Å²) in [5.74, 6) is 0.639. The fourth-order valence-corrected chi connectivity index (χ4v) is 3.04. The third kappa shape index (κ3) is 2.86. The van der Waals surface area contributed by atoms with E-state index in [0.29, 0.717) is 12.2 Å². The second kappa shape index (κ2) is 5.54. The van der Waals surface area contributed by atoms with Gasteiger partial charge < -0.3 is 4.98 Å². The highest BCUT2D eigenvalue weighted by atomic mass is 32.2. The third-order valence-electron chi connectivity index (χ3n) is 3.77. The minimum Gasteiger partial charge on any atom is -0.341 e. The summed E-state index contributed by atoms with van der Waals surface area (Å²) in [6.45, 7) is 7.81. The lowest BCUT2D eigenvalue weighted by Gasteiger charge is -2.10. The zero-order valence-electron chi connectivity index (χ0n) is 12.3. The van der Waals surface area contributed by atoms with Gasteiger partial charge in [0.2, 0.25) is 10.0 Å². The number of sulfonamides is 1. The minimum atomic E-state index is -3.27. The Balaban J connectivity index is 2.22. The molecule has 0 aliphatic carbocycles. The maximum absolute atomic E-state index is 11.9. The highest BCUT2D eigenvalue weighted by Gasteiger charge is 2.18. The van der Waals surface area contributed by atoms with Crippen LogP contribution in [-0.2, 0) is 16.6 Å². The summed E-state index contributed by atoms with van der Waals surface area (Å²) in [7, 11) is -3.27. The molecule has 0 unspecified atom stereocenters. The van der Waals surface area contributed by atoms with Crippen molar-refractivity contribution in [3.8, 4) is 0 Å². The van der Waals surface area contributed by atoms with E-state index in [1.807, 2.05) is 32.9 Å². The smallest absolute Gasteiger partial charge is 0.214 e. The van der Waals surface area contributed by atoms with Gasteiger partial charge in [-0.3, -0.25) is 0 Å². The molecule has 1 heterocycles. The molecule has 0 saturated heterocycles. The van der Waals surface area contributed by atoms with Crippen LogP contribution in [0.3, 0.4) is 0 Å². The highest BCUT2D eigenvalue weighted by molar-refractivity contribution is 7.90. The maximum atomic E-state index is 11.9. The van der Waals surface area contributed by atoms with Gasteiger partial charge in [-0.1, -0.05) is 13.0 Å². The summed E-state index contributed by atoms with van der Waals surface area (Å²) >= 11 is 0. The Hall–Kier alpha value is -1.40. The highest BCUT2D eigenvalue weighted by Crippen LogP contribution is 2.19. The van der Waals surface area contributed by atoms with Crippen molar-refractivity contribution in [1.82, 2.24) is 14.7 Å². The van der Waals surface area contributed by atoms with Gasteiger partial charge in [-0.25, -0.2) is 18.1 Å². The van der Waals surface area contributed by atoms with Gasteiger partial charge >= 0.3 is 0 Å². The topological polar surface area (TPSA) is 74.8 Å². The fraction of sp³-hybridized carbons (Fsp3) is 0.500. The first kappa shape index (κ1) is 15.0. The first-order chi connectivity index (χ1) is 9.35. The Bertz CT molecular complexity index is 719. The summed E-state index contributed by atoms with van der Waals surface area (Å²) in [6.07, 6.45) is 0.591. The number of aromatic amines is 1. The number of H-pyrrole nitrogens is 1. The summed E-state index contributed by atoms with van der Waals surface area (Å²) in [5, 5.41) is -0.393. The van der Waals surface area contributed by atoms with E-state index in [1.165, 1.54) is 5.56 Å². The van der Waals surface area contributed by atoms with Gasteiger partial charge in [0, 0.05) is 0 Å². The normalized spacial score (nSPS) is 13.8. The lowest BCUT2D eigenvalue weighted by atomic mass is 10.1. The Morgan fingerprint density at radius 1 is 1.35 bits per heavy atom. The SMILES string of the molecule is CC[C@H](C)S(=O)(=O)NCc1nc2c(C)c(C)ccc2[nH]1. The molecule has 0 radical (unpaired) electrons. The molecule has 1 aromatic heterocycles. The van der Waals surface area contributed by atoms with Gasteiger partial charge in [-0.2, -0.15) is 0 Å². The number of hydrogen-bond acceptors (Lipinski definition) is 3. The quantitative estimate of drug-likeness (QED) is 0.889. The second-order valence-corrected chi connectivity index (χ2v) is 7.36. The van der Waals surface area contributed by atoms with E-state index >= 15 is 0 Å². The van der Waals surface area contributed by atoms with Crippen LogP contribution in [0.5, 0.6) is 0 Å². The molecule has 2 aromatic rings. The van der Waals surface area contributed by atoms with Gasteiger partial charge in [0.25, 0.3) is 0 Å². The Morgan fingerprint density at radius 2 is 2.05 bits per heavy atom. The predicted octanol–water partition coefficient (Wildman–Crippen LogP) is 2.40. The van der Waals surface area contributed by atoms with Gasteiger partial charge in [0.15, 0.2) is 0 Å². The van der Waals surface area contributed by atoms with E-state index in [4.69, 9.17) is 0 Å². The molecule has 0 aliphatic rings. The van der Waals surface area contributed by atoms with Crippen molar-refractivity contribution < 1.29 is 8.42 Å². The van der Waals surface area contributed by atoms with Crippen LogP contribution in [0.1, 0.15) is 37.2 Å². The van der Waals surface area contributed by atoms with Crippen molar-refractivity contribution in [2.45, 2.75) is 45.9 Å². The first-order valence-electron chi connectivity index (χ1n) is 6.78. The molecule has 0 saturated carbocycles. The van der Waals surface area contributed by atoms with Crippen LogP contribution in [0.2, 0.25) is 0 Å². The molecule has 1 aromatic carbocycles. The second-order valence-electron chi connectivity index (χ2n) is 5.17. The van der Waals surface area contributed by atoms with Crippen LogP contribution in [0.15, 0.2) is 12.1 Å². The van der Waals surface area contributed by atoms with Crippen molar-refractivity contribution in [2.24, 2.45) is 0 Å². The number of imidazole rings is 1. The van der Waals surface area contributed by atoms with Crippen molar-refractivity contribution in [1.29, 1.82) is 0 Å². The van der Waals surface area contributed by atoms with Crippen LogP contribution < -0.4 is 4.72 Å². The number of aromatic nitrogens is 2. The van der Waals surface area contributed by atoms with Crippen LogP contribution in [0.4, 0.5) is 0 Å². The van der Waals surface area contributed by atoms with Gasteiger partial charge in [-0.05, 0) is 44.4 Å². The average molecular weight is 295 g/mol. The molecule has 0 aliphatic heterocycles. The molecule has 0 fully saturated rings. The molecule has 2 N–H and O–H groups in total. The summed E-state index contributed by atoms with van der Waals surface area (Å²) in [6, 6.07) is 4.00. The first-order valence-corrected chi connectivity index (χ1v) is 8.33. The van der Waals surface area contributed by atoms with Crippen molar-refractivity contribution in [3.05, 3.63) is 29.1 Å². The average Bonchev–Trinajstić information content (AvgIpc) is 2.84. The van der Waals surface area contributed by atoms with E-state index in [2.05, 4.69) is 14.7 Å². The van der Waals surface area contributed by atoms with Gasteiger partial charge in [0.1, 0.15) is 5.82 Å². The molecule has 20 heavy (non-hydrogen) atoms. The molecular weight excluding hydrogens is 274 g/mol. The molecule has 0 spiro atoms. The van der Waals surface area contributed by atoms with Crippen LogP contribution in [0.25, 0.3) is 11.0 Å². The number of nitrogens with one attached hydrogen (secondary N) is 2. The van der Waals surface area contributed by atoms with Crippen molar-refractivity contribution in [3.63, 3.8) is 0 Å². The van der Waals surface area contributed by atoms with Crippen LogP contribution in [0, 0.1) is 13.8 Å². The fourth-order valence-electron chi connectivity index (χ4n) is 1.98. The van der Waals surface area contributed by atoms with Gasteiger partial charge in [0.05, 0.1) is 22.8 Å². The van der Waals surface area contributed by atoms with E-state index in [1.54, 1.807) is 6.92 Å². The number of rotatable bonds is 5. The Morgan fingerprint density at radius 3 is 2.70 bits per heavy atom. The van der Waals surface area contributed by atoms with Gasteiger partial charge in [-0.15, -0.1) is 0 Å². The summed E-state index contributed by atoms with van der Waals surface area (Å²) in [4.78, 5) is 7.63.